The first kappa shape index (κ1) is 11.2. The number of hydrogen-bond acceptors (Lipinski definition) is 2. The van der Waals surface area contributed by atoms with E-state index in [-0.39, 0.29) is 0 Å². The van der Waals surface area contributed by atoms with E-state index < -0.39 is 5.60 Å². The topological polar surface area (TPSA) is 29.5 Å². The number of methoxy groups -OCH3 is 1. The molecule has 0 bridgehead atoms. The Labute approximate surface area is 85.5 Å². The SMILES string of the molecule is COCc1cccc(CC(C)(C)O)c1. The lowest BCUT2D eigenvalue weighted by Crippen LogP contribution is -2.21. The van der Waals surface area contributed by atoms with E-state index in [2.05, 4.69) is 6.07 Å². The second kappa shape index (κ2) is 4.58. The zero-order valence-electron chi connectivity index (χ0n) is 9.08. The molecule has 0 aliphatic carbocycles. The standard InChI is InChI=1S/C12H18O2/c1-12(2,13)8-10-5-4-6-11(7-10)9-14-3/h4-7,13H,8-9H2,1-3H3. The molecule has 1 aromatic carbocycles. The molecule has 0 heterocycles. The Morgan fingerprint density at radius 1 is 1.29 bits per heavy atom. The van der Waals surface area contributed by atoms with E-state index in [1.807, 2.05) is 32.0 Å². The maximum absolute atomic E-state index is 9.66. The Morgan fingerprint density at radius 2 is 1.93 bits per heavy atom. The van der Waals surface area contributed by atoms with E-state index in [4.69, 9.17) is 4.74 Å². The fourth-order valence-electron chi connectivity index (χ4n) is 1.50. The van der Waals surface area contributed by atoms with Crippen LogP contribution in [0.5, 0.6) is 0 Å². The molecule has 0 aliphatic heterocycles. The number of benzene rings is 1. The summed E-state index contributed by atoms with van der Waals surface area (Å²) in [7, 11) is 1.68. The van der Waals surface area contributed by atoms with Crippen LogP contribution in [0.2, 0.25) is 0 Å². The van der Waals surface area contributed by atoms with E-state index in [1.165, 1.54) is 0 Å². The highest BCUT2D eigenvalue weighted by Gasteiger charge is 2.13. The van der Waals surface area contributed by atoms with E-state index >= 15 is 0 Å². The van der Waals surface area contributed by atoms with E-state index in [9.17, 15) is 5.11 Å². The molecule has 0 unspecified atom stereocenters. The molecule has 0 amide bonds. The van der Waals surface area contributed by atoms with Gasteiger partial charge in [0.15, 0.2) is 0 Å². The molecule has 0 radical (unpaired) electrons. The average molecular weight is 194 g/mol. The molecule has 14 heavy (non-hydrogen) atoms. The highest BCUT2D eigenvalue weighted by molar-refractivity contribution is 5.24. The summed E-state index contributed by atoms with van der Waals surface area (Å²) >= 11 is 0. The molecule has 0 aliphatic rings. The fourth-order valence-corrected chi connectivity index (χ4v) is 1.50. The second-order valence-electron chi connectivity index (χ2n) is 4.24. The minimum Gasteiger partial charge on any atom is -0.390 e. The average Bonchev–Trinajstić information content (AvgIpc) is 2.02. The summed E-state index contributed by atoms with van der Waals surface area (Å²) in [5.41, 5.74) is 1.65. The second-order valence-corrected chi connectivity index (χ2v) is 4.24. The zero-order valence-corrected chi connectivity index (χ0v) is 9.08. The van der Waals surface area contributed by atoms with Crippen LogP contribution >= 0.6 is 0 Å². The van der Waals surface area contributed by atoms with Crippen molar-refractivity contribution < 1.29 is 9.84 Å². The van der Waals surface area contributed by atoms with Gasteiger partial charge in [0, 0.05) is 13.5 Å². The molecular weight excluding hydrogens is 176 g/mol. The normalized spacial score (nSPS) is 11.7. The van der Waals surface area contributed by atoms with Crippen LogP contribution in [0.1, 0.15) is 25.0 Å². The summed E-state index contributed by atoms with van der Waals surface area (Å²) < 4.78 is 5.05. The summed E-state index contributed by atoms with van der Waals surface area (Å²) in [6, 6.07) is 8.12. The quantitative estimate of drug-likeness (QED) is 0.795. The van der Waals surface area contributed by atoms with Crippen molar-refractivity contribution in [2.24, 2.45) is 0 Å². The minimum atomic E-state index is -0.647. The third-order valence-corrected chi connectivity index (χ3v) is 1.94. The Bertz CT molecular complexity index is 287. The molecule has 0 atom stereocenters. The summed E-state index contributed by atoms with van der Waals surface area (Å²) in [5, 5.41) is 9.66. The van der Waals surface area contributed by atoms with Gasteiger partial charge in [-0.3, -0.25) is 0 Å². The van der Waals surface area contributed by atoms with Gasteiger partial charge >= 0.3 is 0 Å². The summed E-state index contributed by atoms with van der Waals surface area (Å²) in [5.74, 6) is 0. The summed E-state index contributed by atoms with van der Waals surface area (Å²) in [6.45, 7) is 4.26. The fraction of sp³-hybridized carbons (Fsp3) is 0.500. The molecule has 0 spiro atoms. The first-order valence-corrected chi connectivity index (χ1v) is 4.80. The van der Waals surface area contributed by atoms with Crippen LogP contribution in [0.25, 0.3) is 0 Å². The molecule has 2 heteroatoms. The Hall–Kier alpha value is -0.860. The van der Waals surface area contributed by atoms with Crippen molar-refractivity contribution in [3.63, 3.8) is 0 Å². The van der Waals surface area contributed by atoms with Crippen LogP contribution in [-0.4, -0.2) is 17.8 Å². The van der Waals surface area contributed by atoms with Crippen molar-refractivity contribution in [2.45, 2.75) is 32.5 Å². The lowest BCUT2D eigenvalue weighted by molar-refractivity contribution is 0.0809. The Balaban J connectivity index is 2.73. The third kappa shape index (κ3) is 3.90. The predicted octanol–water partition coefficient (Wildman–Crippen LogP) is 2.15. The lowest BCUT2D eigenvalue weighted by Gasteiger charge is -2.17. The summed E-state index contributed by atoms with van der Waals surface area (Å²) in [6.07, 6.45) is 0.671. The van der Waals surface area contributed by atoms with Gasteiger partial charge in [-0.15, -0.1) is 0 Å². The van der Waals surface area contributed by atoms with Crippen molar-refractivity contribution >= 4 is 0 Å². The largest absolute Gasteiger partial charge is 0.390 e. The Kier molecular flexibility index (Phi) is 3.67. The van der Waals surface area contributed by atoms with Crippen molar-refractivity contribution in [2.75, 3.05) is 7.11 Å². The maximum atomic E-state index is 9.66. The Morgan fingerprint density at radius 3 is 2.50 bits per heavy atom. The van der Waals surface area contributed by atoms with Gasteiger partial charge in [0.05, 0.1) is 12.2 Å². The van der Waals surface area contributed by atoms with Crippen LogP contribution in [-0.2, 0) is 17.8 Å². The van der Waals surface area contributed by atoms with Gasteiger partial charge in [0.1, 0.15) is 0 Å². The van der Waals surface area contributed by atoms with Crippen molar-refractivity contribution in [3.05, 3.63) is 35.4 Å². The molecular formula is C12H18O2. The predicted molar refractivity (Wildman–Crippen MR) is 57.2 cm³/mol. The van der Waals surface area contributed by atoms with E-state index in [0.29, 0.717) is 13.0 Å². The number of hydrogen-bond donors (Lipinski definition) is 1. The lowest BCUT2D eigenvalue weighted by atomic mass is 9.97. The van der Waals surface area contributed by atoms with Crippen LogP contribution in [0.3, 0.4) is 0 Å². The van der Waals surface area contributed by atoms with Crippen LogP contribution in [0.4, 0.5) is 0 Å². The van der Waals surface area contributed by atoms with Gasteiger partial charge in [-0.05, 0) is 25.0 Å². The molecule has 1 rings (SSSR count). The molecule has 1 N–H and O–H groups in total. The summed E-state index contributed by atoms with van der Waals surface area (Å²) in [4.78, 5) is 0. The number of aliphatic hydroxyl groups is 1. The van der Waals surface area contributed by atoms with Crippen molar-refractivity contribution in [1.82, 2.24) is 0 Å². The molecule has 1 aromatic rings. The van der Waals surface area contributed by atoms with Gasteiger partial charge < -0.3 is 9.84 Å². The van der Waals surface area contributed by atoms with Crippen molar-refractivity contribution in [1.29, 1.82) is 0 Å². The maximum Gasteiger partial charge on any atom is 0.0713 e. The van der Waals surface area contributed by atoms with Gasteiger partial charge in [0.25, 0.3) is 0 Å². The van der Waals surface area contributed by atoms with Crippen molar-refractivity contribution in [3.8, 4) is 0 Å². The van der Waals surface area contributed by atoms with E-state index in [0.717, 1.165) is 11.1 Å². The minimum absolute atomic E-state index is 0.625. The van der Waals surface area contributed by atoms with Gasteiger partial charge in [-0.25, -0.2) is 0 Å². The molecule has 0 saturated carbocycles. The molecule has 0 fully saturated rings. The highest BCUT2D eigenvalue weighted by Crippen LogP contribution is 2.14. The van der Waals surface area contributed by atoms with Gasteiger partial charge in [-0.2, -0.15) is 0 Å². The monoisotopic (exact) mass is 194 g/mol. The molecule has 2 nitrogen and oxygen atoms in total. The smallest absolute Gasteiger partial charge is 0.0713 e. The van der Waals surface area contributed by atoms with Gasteiger partial charge in [-0.1, -0.05) is 24.3 Å². The van der Waals surface area contributed by atoms with Crippen LogP contribution < -0.4 is 0 Å². The van der Waals surface area contributed by atoms with E-state index in [1.54, 1.807) is 7.11 Å². The molecule has 78 valence electrons. The first-order chi connectivity index (χ1) is 6.51. The molecule has 0 aromatic heterocycles. The zero-order chi connectivity index (χ0) is 10.6. The van der Waals surface area contributed by atoms with Crippen LogP contribution in [0.15, 0.2) is 24.3 Å². The van der Waals surface area contributed by atoms with Gasteiger partial charge in [0.2, 0.25) is 0 Å². The van der Waals surface area contributed by atoms with Crippen LogP contribution in [0, 0.1) is 0 Å². The number of ether oxygens (including phenoxy) is 1. The molecule has 0 saturated heterocycles. The number of rotatable bonds is 4. The highest BCUT2D eigenvalue weighted by atomic mass is 16.5. The first-order valence-electron chi connectivity index (χ1n) is 4.80. The third-order valence-electron chi connectivity index (χ3n) is 1.94.